The zero-order valence-corrected chi connectivity index (χ0v) is 16.2. The highest BCUT2D eigenvalue weighted by molar-refractivity contribution is 7.88. The number of aromatic nitrogens is 3. The first-order valence-corrected chi connectivity index (χ1v) is 10.4. The summed E-state index contributed by atoms with van der Waals surface area (Å²) < 4.78 is 13.6. The predicted octanol–water partition coefficient (Wildman–Crippen LogP) is 2.15. The number of anilines is 2. The van der Waals surface area contributed by atoms with Crippen LogP contribution in [-0.4, -0.2) is 63.3 Å². The van der Waals surface area contributed by atoms with Crippen LogP contribution < -0.4 is 10.2 Å². The minimum atomic E-state index is -0.885. The van der Waals surface area contributed by atoms with Gasteiger partial charge in [-0.25, -0.2) is 9.97 Å². The van der Waals surface area contributed by atoms with Gasteiger partial charge in [-0.1, -0.05) is 12.1 Å². The van der Waals surface area contributed by atoms with Crippen molar-refractivity contribution in [2.75, 3.05) is 49.7 Å². The molecule has 0 amide bonds. The minimum Gasteiger partial charge on any atom is -0.598 e. The van der Waals surface area contributed by atoms with Crippen LogP contribution in [0.5, 0.6) is 0 Å². The Bertz CT molecular complexity index is 925. The number of pyridine rings is 1. The van der Waals surface area contributed by atoms with E-state index in [1.54, 1.807) is 18.6 Å². The molecule has 1 unspecified atom stereocenters. The van der Waals surface area contributed by atoms with Crippen molar-refractivity contribution < 1.29 is 4.55 Å². The summed E-state index contributed by atoms with van der Waals surface area (Å²) >= 11 is -0.885. The summed E-state index contributed by atoms with van der Waals surface area (Å²) in [5, 5.41) is 3.11. The quantitative estimate of drug-likeness (QED) is 0.693. The van der Waals surface area contributed by atoms with Crippen molar-refractivity contribution >= 4 is 33.9 Å². The van der Waals surface area contributed by atoms with Gasteiger partial charge in [0, 0.05) is 55.1 Å². The molecule has 1 fully saturated rings. The molecule has 140 valence electrons. The number of fused-ring (bicyclic) bond motifs is 1. The first-order valence-electron chi connectivity index (χ1n) is 8.89. The van der Waals surface area contributed by atoms with E-state index in [0.29, 0.717) is 0 Å². The van der Waals surface area contributed by atoms with E-state index in [-0.39, 0.29) is 0 Å². The number of hydrogen-bond acceptors (Lipinski definition) is 7. The SMILES string of the molecule is CNc1nc(-c2ccc(N3CCN([S+](C)[O-])CC3)cc2)cc2nccnc12. The van der Waals surface area contributed by atoms with Crippen LogP contribution in [0.3, 0.4) is 0 Å². The third kappa shape index (κ3) is 3.69. The van der Waals surface area contributed by atoms with Gasteiger partial charge in [0.15, 0.2) is 5.82 Å². The van der Waals surface area contributed by atoms with E-state index in [1.165, 1.54) is 5.69 Å². The van der Waals surface area contributed by atoms with Crippen LogP contribution in [0.25, 0.3) is 22.3 Å². The van der Waals surface area contributed by atoms with E-state index in [0.717, 1.165) is 54.3 Å². The molecule has 0 spiro atoms. The fraction of sp³-hybridized carbons (Fsp3) is 0.316. The lowest BCUT2D eigenvalue weighted by Gasteiger charge is -2.34. The highest BCUT2D eigenvalue weighted by Crippen LogP contribution is 2.27. The molecule has 27 heavy (non-hydrogen) atoms. The number of nitrogens with one attached hydrogen (secondary N) is 1. The highest BCUT2D eigenvalue weighted by atomic mass is 32.2. The van der Waals surface area contributed by atoms with E-state index in [9.17, 15) is 4.55 Å². The molecule has 0 saturated carbocycles. The van der Waals surface area contributed by atoms with Gasteiger partial charge in [-0.05, 0) is 18.2 Å². The molecule has 0 bridgehead atoms. The summed E-state index contributed by atoms with van der Waals surface area (Å²) in [5.74, 6) is 0.725. The fourth-order valence-electron chi connectivity index (χ4n) is 3.34. The summed E-state index contributed by atoms with van der Waals surface area (Å²) in [4.78, 5) is 15.8. The molecule has 1 N–H and O–H groups in total. The summed E-state index contributed by atoms with van der Waals surface area (Å²) in [5.41, 5.74) is 4.67. The molecular formula is C19H22N6OS. The Morgan fingerprint density at radius 2 is 1.74 bits per heavy atom. The normalized spacial score (nSPS) is 16.5. The maximum Gasteiger partial charge on any atom is 0.154 e. The molecule has 1 aliphatic heterocycles. The molecular weight excluding hydrogens is 360 g/mol. The first kappa shape index (κ1) is 18.0. The van der Waals surface area contributed by atoms with Gasteiger partial charge in [-0.2, -0.15) is 0 Å². The lowest BCUT2D eigenvalue weighted by molar-refractivity contribution is 0.388. The Hall–Kier alpha value is -2.42. The summed E-state index contributed by atoms with van der Waals surface area (Å²) in [6.07, 6.45) is 5.11. The minimum absolute atomic E-state index is 0.725. The fourth-order valence-corrected chi connectivity index (χ4v) is 4.02. The predicted molar refractivity (Wildman–Crippen MR) is 110 cm³/mol. The van der Waals surface area contributed by atoms with E-state index < -0.39 is 11.4 Å². The molecule has 2 aromatic heterocycles. The van der Waals surface area contributed by atoms with Crippen LogP contribution in [0.1, 0.15) is 0 Å². The van der Waals surface area contributed by atoms with Crippen LogP contribution in [-0.2, 0) is 11.4 Å². The standard InChI is InChI=1S/C19H22N6OS/c1-20-19-18-17(21-7-8-22-18)13-16(23-19)14-3-5-15(6-4-14)24-9-11-25(12-10-24)27(2)26/h3-8,13H,9-12H2,1-2H3,(H,20,23). The maximum absolute atomic E-state index is 11.6. The second kappa shape index (κ2) is 7.67. The van der Waals surface area contributed by atoms with E-state index in [1.807, 2.05) is 17.4 Å². The molecule has 1 aromatic carbocycles. The van der Waals surface area contributed by atoms with Gasteiger partial charge in [0.1, 0.15) is 11.8 Å². The third-order valence-corrected chi connectivity index (χ3v) is 5.92. The molecule has 1 atom stereocenters. The average molecular weight is 382 g/mol. The van der Waals surface area contributed by atoms with Gasteiger partial charge in [-0.15, -0.1) is 4.31 Å². The monoisotopic (exact) mass is 382 g/mol. The smallest absolute Gasteiger partial charge is 0.154 e. The van der Waals surface area contributed by atoms with E-state index in [4.69, 9.17) is 4.98 Å². The number of piperazine rings is 1. The Labute approximate surface area is 161 Å². The van der Waals surface area contributed by atoms with Gasteiger partial charge < -0.3 is 14.8 Å². The third-order valence-electron chi connectivity index (χ3n) is 4.82. The van der Waals surface area contributed by atoms with Crippen molar-refractivity contribution in [3.05, 3.63) is 42.7 Å². The Morgan fingerprint density at radius 3 is 2.41 bits per heavy atom. The first-order chi connectivity index (χ1) is 13.2. The Kier molecular flexibility index (Phi) is 5.11. The van der Waals surface area contributed by atoms with Gasteiger partial charge >= 0.3 is 0 Å². The summed E-state index contributed by atoms with van der Waals surface area (Å²) in [7, 11) is 1.84. The number of benzene rings is 1. The lowest BCUT2D eigenvalue weighted by atomic mass is 10.1. The van der Waals surface area contributed by atoms with E-state index in [2.05, 4.69) is 44.5 Å². The molecule has 1 aliphatic rings. The largest absolute Gasteiger partial charge is 0.598 e. The topological polar surface area (TPSA) is 80.2 Å². The zero-order chi connectivity index (χ0) is 18.8. The molecule has 8 heteroatoms. The van der Waals surface area contributed by atoms with Gasteiger partial charge in [-0.3, -0.25) is 4.98 Å². The van der Waals surface area contributed by atoms with Crippen molar-refractivity contribution in [1.82, 2.24) is 19.3 Å². The van der Waals surface area contributed by atoms with Crippen LogP contribution in [0, 0.1) is 0 Å². The van der Waals surface area contributed by atoms with Crippen molar-refractivity contribution in [3.8, 4) is 11.3 Å². The summed E-state index contributed by atoms with van der Waals surface area (Å²) in [6, 6.07) is 10.4. The van der Waals surface area contributed by atoms with Crippen molar-refractivity contribution in [1.29, 1.82) is 0 Å². The molecule has 3 aromatic rings. The van der Waals surface area contributed by atoms with Crippen molar-refractivity contribution in [3.63, 3.8) is 0 Å². The average Bonchev–Trinajstić information content (AvgIpc) is 2.73. The number of rotatable bonds is 4. The number of hydrogen-bond donors (Lipinski definition) is 1. The zero-order valence-electron chi connectivity index (χ0n) is 15.4. The van der Waals surface area contributed by atoms with Crippen molar-refractivity contribution in [2.45, 2.75) is 0 Å². The molecule has 4 rings (SSSR count). The van der Waals surface area contributed by atoms with E-state index >= 15 is 0 Å². The van der Waals surface area contributed by atoms with Gasteiger partial charge in [0.2, 0.25) is 0 Å². The Morgan fingerprint density at radius 1 is 1.04 bits per heavy atom. The molecule has 1 saturated heterocycles. The second-order valence-electron chi connectivity index (χ2n) is 6.42. The van der Waals surface area contributed by atoms with Crippen LogP contribution in [0.2, 0.25) is 0 Å². The molecule has 3 heterocycles. The summed E-state index contributed by atoms with van der Waals surface area (Å²) in [6.45, 7) is 3.40. The van der Waals surface area contributed by atoms with Crippen LogP contribution in [0.4, 0.5) is 11.5 Å². The maximum atomic E-state index is 11.6. The Balaban J connectivity index is 1.57. The highest BCUT2D eigenvalue weighted by Gasteiger charge is 2.22. The molecule has 0 aliphatic carbocycles. The van der Waals surface area contributed by atoms with Crippen molar-refractivity contribution in [2.24, 2.45) is 0 Å². The second-order valence-corrected chi connectivity index (χ2v) is 7.78. The number of nitrogens with zero attached hydrogens (tertiary/aromatic N) is 5. The lowest BCUT2D eigenvalue weighted by Crippen LogP contribution is -2.48. The van der Waals surface area contributed by atoms with Gasteiger partial charge in [0.05, 0.1) is 24.3 Å². The molecule has 0 radical (unpaired) electrons. The molecule has 7 nitrogen and oxygen atoms in total. The van der Waals surface area contributed by atoms with Gasteiger partial charge in [0.25, 0.3) is 0 Å². The van der Waals surface area contributed by atoms with Crippen LogP contribution in [0.15, 0.2) is 42.7 Å². The van der Waals surface area contributed by atoms with Crippen LogP contribution >= 0.6 is 0 Å².